The molecule has 8 nitrogen and oxygen atoms in total. The van der Waals surface area contributed by atoms with Crippen molar-refractivity contribution in [3.05, 3.63) is 82.8 Å². The first-order chi connectivity index (χ1) is 16.0. The van der Waals surface area contributed by atoms with Gasteiger partial charge in [-0.25, -0.2) is 9.59 Å². The monoisotopic (exact) mass is 448 g/mol. The zero-order chi connectivity index (χ0) is 23.4. The van der Waals surface area contributed by atoms with Crippen LogP contribution in [0.3, 0.4) is 0 Å². The van der Waals surface area contributed by atoms with Crippen LogP contribution in [0, 0.1) is 6.92 Å². The van der Waals surface area contributed by atoms with E-state index >= 15 is 0 Å². The Balaban J connectivity index is 1.55. The molecule has 2 amide bonds. The molecule has 1 aliphatic rings. The molecule has 170 valence electrons. The summed E-state index contributed by atoms with van der Waals surface area (Å²) in [6, 6.07) is 13.6. The van der Waals surface area contributed by atoms with Gasteiger partial charge >= 0.3 is 18.0 Å². The van der Waals surface area contributed by atoms with E-state index in [1.807, 2.05) is 43.3 Å². The number of fused-ring (bicyclic) bond motifs is 1. The molecular formula is C25H24N2O6. The normalized spacial score (nSPS) is 15.7. The first kappa shape index (κ1) is 22.1. The zero-order valence-corrected chi connectivity index (χ0v) is 18.3. The van der Waals surface area contributed by atoms with Crippen LogP contribution in [-0.4, -0.2) is 31.2 Å². The number of urea groups is 1. The third-order valence-corrected chi connectivity index (χ3v) is 5.31. The minimum atomic E-state index is -0.728. The number of rotatable bonds is 7. The maximum Gasteiger partial charge on any atom is 0.338 e. The Labute approximate surface area is 190 Å². The van der Waals surface area contributed by atoms with E-state index in [9.17, 15) is 14.4 Å². The number of ether oxygens (including phenoxy) is 2. The lowest BCUT2D eigenvalue weighted by Gasteiger charge is -2.29. The number of furan rings is 1. The van der Waals surface area contributed by atoms with E-state index in [4.69, 9.17) is 13.9 Å². The molecule has 1 atom stereocenters. The molecule has 0 spiro atoms. The van der Waals surface area contributed by atoms with Crippen molar-refractivity contribution in [2.24, 2.45) is 0 Å². The van der Waals surface area contributed by atoms with Gasteiger partial charge in [-0.1, -0.05) is 42.5 Å². The molecule has 2 heterocycles. The van der Waals surface area contributed by atoms with Crippen molar-refractivity contribution in [2.75, 3.05) is 13.2 Å². The minimum absolute atomic E-state index is 0.00755. The molecule has 0 saturated carbocycles. The van der Waals surface area contributed by atoms with Gasteiger partial charge in [0.2, 0.25) is 0 Å². The van der Waals surface area contributed by atoms with Crippen LogP contribution in [0.5, 0.6) is 0 Å². The average molecular weight is 448 g/mol. The predicted molar refractivity (Wildman–Crippen MR) is 120 cm³/mol. The van der Waals surface area contributed by atoms with E-state index in [0.29, 0.717) is 16.7 Å². The van der Waals surface area contributed by atoms with E-state index in [1.54, 1.807) is 19.1 Å². The van der Waals surface area contributed by atoms with Gasteiger partial charge in [0.05, 0.1) is 36.6 Å². The number of carbonyl (C=O) groups excluding carboxylic acids is 3. The first-order valence-corrected chi connectivity index (χ1v) is 10.6. The Bertz CT molecular complexity index is 1230. The summed E-state index contributed by atoms with van der Waals surface area (Å²) in [5.74, 6) is -1.11. The Kier molecular flexibility index (Phi) is 6.44. The lowest BCUT2D eigenvalue weighted by Crippen LogP contribution is -2.47. The van der Waals surface area contributed by atoms with Crippen LogP contribution in [0.2, 0.25) is 0 Å². The number of amides is 2. The second kappa shape index (κ2) is 9.60. The Morgan fingerprint density at radius 2 is 1.88 bits per heavy atom. The first-order valence-electron chi connectivity index (χ1n) is 10.6. The van der Waals surface area contributed by atoms with Crippen LogP contribution < -0.4 is 10.6 Å². The summed E-state index contributed by atoms with van der Waals surface area (Å²) < 4.78 is 16.2. The number of hydrogen-bond acceptors (Lipinski definition) is 6. The highest BCUT2D eigenvalue weighted by Crippen LogP contribution is 2.28. The number of carbonyl (C=O) groups is 3. The third kappa shape index (κ3) is 4.90. The van der Waals surface area contributed by atoms with Crippen molar-refractivity contribution < 1.29 is 28.3 Å². The molecule has 8 heteroatoms. The summed E-state index contributed by atoms with van der Waals surface area (Å²) >= 11 is 0. The van der Waals surface area contributed by atoms with Crippen LogP contribution in [0.15, 0.2) is 70.5 Å². The van der Waals surface area contributed by atoms with Crippen molar-refractivity contribution in [2.45, 2.75) is 26.3 Å². The quantitative estimate of drug-likeness (QED) is 0.534. The summed E-state index contributed by atoms with van der Waals surface area (Å²) in [5.41, 5.74) is 3.54. The standard InChI is InChI=1S/C25H24N2O6/c1-3-31-24(29)22-19(26-25(30)27-23(22)16-7-5-4-6-8-16)14-33-21(28)12-17-13-32-20-11-15(2)9-10-18(17)20/h4-11,13,23H,3,12,14H2,1-2H3,(H2,26,27,30). The lowest BCUT2D eigenvalue weighted by atomic mass is 9.95. The molecule has 4 rings (SSSR count). The fourth-order valence-corrected chi connectivity index (χ4v) is 3.76. The van der Waals surface area contributed by atoms with Crippen LogP contribution in [0.1, 0.15) is 29.7 Å². The van der Waals surface area contributed by atoms with Gasteiger partial charge in [-0.3, -0.25) is 4.79 Å². The van der Waals surface area contributed by atoms with Gasteiger partial charge in [0.1, 0.15) is 12.2 Å². The molecule has 1 aromatic heterocycles. The van der Waals surface area contributed by atoms with Gasteiger partial charge in [-0.2, -0.15) is 0 Å². The Morgan fingerprint density at radius 1 is 1.09 bits per heavy atom. The van der Waals surface area contributed by atoms with Crippen LogP contribution in [0.4, 0.5) is 4.79 Å². The van der Waals surface area contributed by atoms with E-state index in [1.165, 1.54) is 6.26 Å². The molecule has 3 aromatic rings. The summed E-state index contributed by atoms with van der Waals surface area (Å²) in [7, 11) is 0. The van der Waals surface area contributed by atoms with Gasteiger partial charge in [-0.15, -0.1) is 0 Å². The number of esters is 2. The van der Waals surface area contributed by atoms with Gasteiger partial charge in [0.15, 0.2) is 0 Å². The fraction of sp³-hybridized carbons (Fsp3) is 0.240. The summed E-state index contributed by atoms with van der Waals surface area (Å²) in [5, 5.41) is 6.16. The molecule has 2 aromatic carbocycles. The fourth-order valence-electron chi connectivity index (χ4n) is 3.76. The molecule has 0 fully saturated rings. The third-order valence-electron chi connectivity index (χ3n) is 5.31. The summed E-state index contributed by atoms with van der Waals surface area (Å²) in [6.07, 6.45) is 1.53. The Morgan fingerprint density at radius 3 is 2.64 bits per heavy atom. The zero-order valence-electron chi connectivity index (χ0n) is 18.3. The van der Waals surface area contributed by atoms with Crippen molar-refractivity contribution >= 4 is 28.9 Å². The molecule has 0 bridgehead atoms. The van der Waals surface area contributed by atoms with Gasteiger partial charge in [-0.05, 0) is 31.0 Å². The second-order valence-electron chi connectivity index (χ2n) is 7.65. The van der Waals surface area contributed by atoms with Gasteiger partial charge in [0, 0.05) is 10.9 Å². The highest BCUT2D eigenvalue weighted by molar-refractivity contribution is 5.95. The average Bonchev–Trinajstić information content (AvgIpc) is 3.19. The van der Waals surface area contributed by atoms with Gasteiger partial charge in [0.25, 0.3) is 0 Å². The topological polar surface area (TPSA) is 107 Å². The van der Waals surface area contributed by atoms with Crippen molar-refractivity contribution in [3.63, 3.8) is 0 Å². The van der Waals surface area contributed by atoms with E-state index < -0.39 is 24.0 Å². The molecular weight excluding hydrogens is 424 g/mol. The SMILES string of the molecule is CCOC(=O)C1=C(COC(=O)Cc2coc3cc(C)ccc23)NC(=O)NC1c1ccccc1. The molecule has 0 aliphatic carbocycles. The van der Waals surface area contributed by atoms with E-state index in [-0.39, 0.29) is 30.9 Å². The minimum Gasteiger partial charge on any atom is -0.464 e. The predicted octanol–water partition coefficient (Wildman–Crippen LogP) is 3.70. The smallest absolute Gasteiger partial charge is 0.338 e. The van der Waals surface area contributed by atoms with Crippen LogP contribution >= 0.6 is 0 Å². The van der Waals surface area contributed by atoms with Crippen LogP contribution in [-0.2, 0) is 25.5 Å². The van der Waals surface area contributed by atoms with Crippen molar-refractivity contribution in [1.29, 1.82) is 0 Å². The van der Waals surface area contributed by atoms with Gasteiger partial charge < -0.3 is 24.5 Å². The summed E-state index contributed by atoms with van der Waals surface area (Å²) in [6.45, 7) is 3.54. The largest absolute Gasteiger partial charge is 0.464 e. The maximum atomic E-state index is 12.7. The highest BCUT2D eigenvalue weighted by Gasteiger charge is 2.34. The molecule has 33 heavy (non-hydrogen) atoms. The van der Waals surface area contributed by atoms with E-state index in [2.05, 4.69) is 10.6 Å². The molecule has 1 unspecified atom stereocenters. The number of hydrogen-bond donors (Lipinski definition) is 2. The highest BCUT2D eigenvalue weighted by atomic mass is 16.5. The second-order valence-corrected chi connectivity index (χ2v) is 7.65. The van der Waals surface area contributed by atoms with E-state index in [0.717, 1.165) is 10.9 Å². The number of aryl methyl sites for hydroxylation is 1. The maximum absolute atomic E-state index is 12.7. The molecule has 0 saturated heterocycles. The number of benzene rings is 2. The summed E-state index contributed by atoms with van der Waals surface area (Å²) in [4.78, 5) is 37.6. The number of nitrogens with one attached hydrogen (secondary N) is 2. The van der Waals surface area contributed by atoms with Crippen LogP contribution in [0.25, 0.3) is 11.0 Å². The lowest BCUT2D eigenvalue weighted by molar-refractivity contribution is -0.143. The van der Waals surface area contributed by atoms with Crippen molar-refractivity contribution in [1.82, 2.24) is 10.6 Å². The molecule has 1 aliphatic heterocycles. The Hall–Kier alpha value is -4.07. The molecule has 2 N–H and O–H groups in total. The van der Waals surface area contributed by atoms with Crippen molar-refractivity contribution in [3.8, 4) is 0 Å². The molecule has 0 radical (unpaired) electrons.